The normalized spacial score (nSPS) is 19.8. The zero-order valence-electron chi connectivity index (χ0n) is 12.9. The van der Waals surface area contributed by atoms with Crippen molar-refractivity contribution in [3.05, 3.63) is 35.4 Å². The molecule has 3 nitrogen and oxygen atoms in total. The number of rotatable bonds is 6. The molecule has 0 radical (unpaired) electrons. The SMILES string of the molecule is CCNC(c1ccc(CC)cc1)C1(OC)CCOCC1. The maximum Gasteiger partial charge on any atom is 0.0916 e. The summed E-state index contributed by atoms with van der Waals surface area (Å²) in [5.41, 5.74) is 2.54. The van der Waals surface area contributed by atoms with Crippen LogP contribution in [0.4, 0.5) is 0 Å². The molecule has 0 aliphatic carbocycles. The molecule has 3 heteroatoms. The first-order chi connectivity index (χ1) is 9.75. The lowest BCUT2D eigenvalue weighted by atomic mass is 9.81. The predicted molar refractivity (Wildman–Crippen MR) is 82.0 cm³/mol. The van der Waals surface area contributed by atoms with Crippen LogP contribution in [0.25, 0.3) is 0 Å². The molecule has 0 aromatic heterocycles. The lowest BCUT2D eigenvalue weighted by Crippen LogP contribution is -2.49. The number of aryl methyl sites for hydroxylation is 1. The molecule has 20 heavy (non-hydrogen) atoms. The summed E-state index contributed by atoms with van der Waals surface area (Å²) in [6.07, 6.45) is 2.96. The van der Waals surface area contributed by atoms with Gasteiger partial charge in [-0.3, -0.25) is 0 Å². The van der Waals surface area contributed by atoms with Crippen LogP contribution < -0.4 is 5.32 Å². The number of methoxy groups -OCH3 is 1. The van der Waals surface area contributed by atoms with E-state index in [9.17, 15) is 0 Å². The van der Waals surface area contributed by atoms with Crippen molar-refractivity contribution in [2.24, 2.45) is 0 Å². The van der Waals surface area contributed by atoms with Crippen molar-refractivity contribution in [2.75, 3.05) is 26.9 Å². The highest BCUT2D eigenvalue weighted by Gasteiger charge is 2.41. The Hall–Kier alpha value is -0.900. The van der Waals surface area contributed by atoms with Crippen molar-refractivity contribution in [1.82, 2.24) is 5.32 Å². The molecule has 1 unspecified atom stereocenters. The number of likely N-dealkylation sites (N-methyl/N-ethyl adjacent to an activating group) is 1. The van der Waals surface area contributed by atoms with Gasteiger partial charge in [-0.1, -0.05) is 38.1 Å². The van der Waals surface area contributed by atoms with E-state index in [0.717, 1.165) is 39.0 Å². The van der Waals surface area contributed by atoms with Crippen molar-refractivity contribution in [3.63, 3.8) is 0 Å². The molecule has 1 aliphatic heterocycles. The van der Waals surface area contributed by atoms with E-state index in [1.807, 2.05) is 7.11 Å². The standard InChI is InChI=1S/C17H27NO2/c1-4-14-6-8-15(9-7-14)16(18-5-2)17(19-3)10-12-20-13-11-17/h6-9,16,18H,4-5,10-13H2,1-3H3. The van der Waals surface area contributed by atoms with E-state index in [1.54, 1.807) is 0 Å². The molecular weight excluding hydrogens is 250 g/mol. The summed E-state index contributed by atoms with van der Waals surface area (Å²) < 4.78 is 11.5. The van der Waals surface area contributed by atoms with Gasteiger partial charge in [-0.2, -0.15) is 0 Å². The number of hydrogen-bond donors (Lipinski definition) is 1. The van der Waals surface area contributed by atoms with Crippen molar-refractivity contribution >= 4 is 0 Å². The number of hydrogen-bond acceptors (Lipinski definition) is 3. The number of ether oxygens (including phenoxy) is 2. The fraction of sp³-hybridized carbons (Fsp3) is 0.647. The first-order valence-electron chi connectivity index (χ1n) is 7.71. The molecule has 1 aromatic carbocycles. The molecular formula is C17H27NO2. The molecule has 1 aliphatic rings. The maximum atomic E-state index is 5.96. The lowest BCUT2D eigenvalue weighted by molar-refractivity contribution is -0.111. The Kier molecular flexibility index (Phi) is 5.58. The average molecular weight is 277 g/mol. The zero-order chi connectivity index (χ0) is 14.4. The van der Waals surface area contributed by atoms with Crippen molar-refractivity contribution < 1.29 is 9.47 Å². The van der Waals surface area contributed by atoms with Gasteiger partial charge in [0.1, 0.15) is 0 Å². The molecule has 0 saturated carbocycles. The van der Waals surface area contributed by atoms with Gasteiger partial charge in [-0.25, -0.2) is 0 Å². The second-order valence-electron chi connectivity index (χ2n) is 5.47. The van der Waals surface area contributed by atoms with Crippen LogP contribution in [0, 0.1) is 0 Å². The Balaban J connectivity index is 2.27. The fourth-order valence-electron chi connectivity index (χ4n) is 3.09. The highest BCUT2D eigenvalue weighted by Crippen LogP contribution is 2.37. The van der Waals surface area contributed by atoms with E-state index in [0.29, 0.717) is 0 Å². The molecule has 2 rings (SSSR count). The summed E-state index contributed by atoms with van der Waals surface area (Å²) in [5.74, 6) is 0. The highest BCUT2D eigenvalue weighted by atomic mass is 16.5. The van der Waals surface area contributed by atoms with Gasteiger partial charge in [0.15, 0.2) is 0 Å². The third-order valence-electron chi connectivity index (χ3n) is 4.40. The third-order valence-corrected chi connectivity index (χ3v) is 4.40. The minimum atomic E-state index is -0.151. The summed E-state index contributed by atoms with van der Waals surface area (Å²) >= 11 is 0. The van der Waals surface area contributed by atoms with Crippen LogP contribution >= 0.6 is 0 Å². The number of nitrogens with one attached hydrogen (secondary N) is 1. The van der Waals surface area contributed by atoms with Gasteiger partial charge in [-0.15, -0.1) is 0 Å². The summed E-state index contributed by atoms with van der Waals surface area (Å²) in [6, 6.07) is 9.16. The molecule has 1 saturated heterocycles. The monoisotopic (exact) mass is 277 g/mol. The van der Waals surface area contributed by atoms with Gasteiger partial charge in [0.2, 0.25) is 0 Å². The van der Waals surface area contributed by atoms with E-state index in [1.165, 1.54) is 11.1 Å². The first-order valence-corrected chi connectivity index (χ1v) is 7.71. The molecule has 0 amide bonds. The molecule has 1 atom stereocenters. The van der Waals surface area contributed by atoms with E-state index in [-0.39, 0.29) is 11.6 Å². The molecule has 1 N–H and O–H groups in total. The third kappa shape index (κ3) is 3.22. The minimum absolute atomic E-state index is 0.151. The molecule has 1 fully saturated rings. The Morgan fingerprint density at radius 3 is 2.35 bits per heavy atom. The zero-order valence-corrected chi connectivity index (χ0v) is 12.9. The Bertz CT molecular complexity index is 396. The molecule has 0 spiro atoms. The second kappa shape index (κ2) is 7.21. The minimum Gasteiger partial charge on any atom is -0.381 e. The van der Waals surface area contributed by atoms with E-state index in [2.05, 4.69) is 43.4 Å². The molecule has 0 bridgehead atoms. The van der Waals surface area contributed by atoms with Crippen LogP contribution in [0.5, 0.6) is 0 Å². The van der Waals surface area contributed by atoms with Gasteiger partial charge in [0, 0.05) is 33.2 Å². The van der Waals surface area contributed by atoms with Gasteiger partial charge in [-0.05, 0) is 24.1 Å². The largest absolute Gasteiger partial charge is 0.381 e. The van der Waals surface area contributed by atoms with Crippen LogP contribution in [0.2, 0.25) is 0 Å². The van der Waals surface area contributed by atoms with Crippen LogP contribution in [0.15, 0.2) is 24.3 Å². The van der Waals surface area contributed by atoms with Crippen LogP contribution in [0.1, 0.15) is 43.9 Å². The van der Waals surface area contributed by atoms with Crippen LogP contribution in [-0.2, 0) is 15.9 Å². The lowest BCUT2D eigenvalue weighted by Gasteiger charge is -2.43. The Labute approximate surface area is 122 Å². The summed E-state index contributed by atoms with van der Waals surface area (Å²) in [4.78, 5) is 0. The van der Waals surface area contributed by atoms with Gasteiger partial charge in [0.25, 0.3) is 0 Å². The summed E-state index contributed by atoms with van der Waals surface area (Å²) in [5, 5.41) is 3.62. The summed E-state index contributed by atoms with van der Waals surface area (Å²) in [6.45, 7) is 6.83. The van der Waals surface area contributed by atoms with Gasteiger partial charge in [0.05, 0.1) is 11.6 Å². The Morgan fingerprint density at radius 1 is 1.20 bits per heavy atom. The van der Waals surface area contributed by atoms with Crippen LogP contribution in [0.3, 0.4) is 0 Å². The van der Waals surface area contributed by atoms with Crippen molar-refractivity contribution in [1.29, 1.82) is 0 Å². The van der Waals surface area contributed by atoms with Gasteiger partial charge < -0.3 is 14.8 Å². The average Bonchev–Trinajstić information content (AvgIpc) is 2.53. The van der Waals surface area contributed by atoms with Crippen LogP contribution in [-0.4, -0.2) is 32.5 Å². The van der Waals surface area contributed by atoms with Gasteiger partial charge >= 0.3 is 0 Å². The van der Waals surface area contributed by atoms with E-state index < -0.39 is 0 Å². The molecule has 1 aromatic rings. The quantitative estimate of drug-likeness (QED) is 0.866. The van der Waals surface area contributed by atoms with E-state index >= 15 is 0 Å². The number of benzene rings is 1. The summed E-state index contributed by atoms with van der Waals surface area (Å²) in [7, 11) is 1.83. The second-order valence-corrected chi connectivity index (χ2v) is 5.47. The van der Waals surface area contributed by atoms with E-state index in [4.69, 9.17) is 9.47 Å². The topological polar surface area (TPSA) is 30.5 Å². The molecule has 1 heterocycles. The van der Waals surface area contributed by atoms with Crippen molar-refractivity contribution in [3.8, 4) is 0 Å². The fourth-order valence-corrected chi connectivity index (χ4v) is 3.09. The highest BCUT2D eigenvalue weighted by molar-refractivity contribution is 5.27. The first kappa shape index (κ1) is 15.5. The maximum absolute atomic E-state index is 5.96. The smallest absolute Gasteiger partial charge is 0.0916 e. The van der Waals surface area contributed by atoms with Crippen molar-refractivity contribution in [2.45, 2.75) is 44.8 Å². The Morgan fingerprint density at radius 2 is 1.85 bits per heavy atom. The predicted octanol–water partition coefficient (Wildman–Crippen LogP) is 3.10. The molecule has 112 valence electrons.